The highest BCUT2D eigenvalue weighted by Crippen LogP contribution is 2.34. The highest BCUT2D eigenvalue weighted by atomic mass is 35.5. The fourth-order valence-electron chi connectivity index (χ4n) is 3.01. The normalized spacial score (nSPS) is 28.5. The van der Waals surface area contributed by atoms with Crippen LogP contribution in [-0.4, -0.2) is 12.6 Å². The van der Waals surface area contributed by atoms with Gasteiger partial charge in [0.25, 0.3) is 0 Å². The number of nitrogens with zero attached hydrogens (tertiary/aromatic N) is 1. The topological polar surface area (TPSA) is 29.3 Å². The molecule has 100 valence electrons. The second-order valence-corrected chi connectivity index (χ2v) is 6.12. The van der Waals surface area contributed by atoms with Crippen LogP contribution in [0.25, 0.3) is 0 Å². The lowest BCUT2D eigenvalue weighted by molar-refractivity contribution is 0.296. The molecule has 0 radical (unpaired) electrons. The maximum atomic E-state index is 6.15. The Labute approximate surface area is 115 Å². The van der Waals surface area contributed by atoms with Crippen molar-refractivity contribution in [3.05, 3.63) is 28.8 Å². The van der Waals surface area contributed by atoms with E-state index >= 15 is 0 Å². The van der Waals surface area contributed by atoms with E-state index in [2.05, 4.69) is 31.7 Å². The van der Waals surface area contributed by atoms with Crippen LogP contribution in [0.4, 0.5) is 5.69 Å². The first kappa shape index (κ1) is 13.7. The summed E-state index contributed by atoms with van der Waals surface area (Å²) in [6.45, 7) is 8.62. The molecule has 3 atom stereocenters. The zero-order valence-electron chi connectivity index (χ0n) is 11.5. The molecule has 0 saturated carbocycles. The Morgan fingerprint density at radius 2 is 2.06 bits per heavy atom. The molecule has 18 heavy (non-hydrogen) atoms. The maximum absolute atomic E-state index is 6.15. The molecule has 0 aliphatic carbocycles. The van der Waals surface area contributed by atoms with Crippen LogP contribution >= 0.6 is 11.6 Å². The zero-order valence-corrected chi connectivity index (χ0v) is 12.2. The summed E-state index contributed by atoms with van der Waals surface area (Å²) in [4.78, 5) is 2.48. The quantitative estimate of drug-likeness (QED) is 0.885. The lowest BCUT2D eigenvalue weighted by Gasteiger charge is -2.43. The fraction of sp³-hybridized carbons (Fsp3) is 0.600. The van der Waals surface area contributed by atoms with Crippen LogP contribution in [-0.2, 0) is 6.54 Å². The molecular weight excluding hydrogens is 244 g/mol. The zero-order chi connectivity index (χ0) is 13.3. The minimum atomic E-state index is 0.546. The van der Waals surface area contributed by atoms with Gasteiger partial charge < -0.3 is 10.6 Å². The van der Waals surface area contributed by atoms with Crippen LogP contribution in [0.1, 0.15) is 32.8 Å². The van der Waals surface area contributed by atoms with E-state index in [0.717, 1.165) is 17.5 Å². The van der Waals surface area contributed by atoms with Gasteiger partial charge in [0.05, 0.1) is 0 Å². The molecular formula is C15H23ClN2. The van der Waals surface area contributed by atoms with Gasteiger partial charge in [-0.25, -0.2) is 0 Å². The Hall–Kier alpha value is -0.730. The van der Waals surface area contributed by atoms with Crippen LogP contribution in [0, 0.1) is 11.8 Å². The molecule has 1 aliphatic heterocycles. The smallest absolute Gasteiger partial charge is 0.0429 e. The molecule has 1 saturated heterocycles. The van der Waals surface area contributed by atoms with Crippen molar-refractivity contribution in [1.29, 1.82) is 0 Å². The first-order valence-electron chi connectivity index (χ1n) is 6.78. The monoisotopic (exact) mass is 266 g/mol. The molecule has 1 fully saturated rings. The average molecular weight is 267 g/mol. The number of nitrogens with two attached hydrogens (primary N) is 1. The van der Waals surface area contributed by atoms with Gasteiger partial charge in [0.1, 0.15) is 0 Å². The number of rotatable bonds is 2. The van der Waals surface area contributed by atoms with Gasteiger partial charge in [-0.1, -0.05) is 31.5 Å². The number of hydrogen-bond donors (Lipinski definition) is 1. The van der Waals surface area contributed by atoms with Crippen LogP contribution in [0.5, 0.6) is 0 Å². The molecule has 1 aromatic rings. The molecule has 2 rings (SSSR count). The molecule has 0 spiro atoms. The van der Waals surface area contributed by atoms with Gasteiger partial charge in [-0.05, 0) is 42.9 Å². The maximum Gasteiger partial charge on any atom is 0.0429 e. The van der Waals surface area contributed by atoms with Crippen LogP contribution in [0.2, 0.25) is 5.02 Å². The van der Waals surface area contributed by atoms with Gasteiger partial charge >= 0.3 is 0 Å². The highest BCUT2D eigenvalue weighted by molar-refractivity contribution is 6.30. The molecule has 2 N–H and O–H groups in total. The summed E-state index contributed by atoms with van der Waals surface area (Å²) in [6.07, 6.45) is 1.30. The SMILES string of the molecule is CC1CC(C)C(C)N(c2cc(Cl)ccc2CN)C1. The molecule has 1 heterocycles. The molecule has 1 aromatic carbocycles. The summed E-state index contributed by atoms with van der Waals surface area (Å²) < 4.78 is 0. The minimum Gasteiger partial charge on any atom is -0.368 e. The molecule has 1 aliphatic rings. The van der Waals surface area contributed by atoms with E-state index in [9.17, 15) is 0 Å². The molecule has 0 aromatic heterocycles. The Morgan fingerprint density at radius 3 is 2.72 bits per heavy atom. The van der Waals surface area contributed by atoms with Crippen molar-refractivity contribution in [2.24, 2.45) is 17.6 Å². The summed E-state index contributed by atoms with van der Waals surface area (Å²) in [6, 6.07) is 6.58. The summed E-state index contributed by atoms with van der Waals surface area (Å²) >= 11 is 6.15. The standard InChI is InChI=1S/C15H23ClN2/c1-10-6-11(2)12(3)18(9-10)15-7-14(16)5-4-13(15)8-17/h4-5,7,10-12H,6,8-9,17H2,1-3H3. The summed E-state index contributed by atoms with van der Waals surface area (Å²) in [5.74, 6) is 1.43. The van der Waals surface area contributed by atoms with Gasteiger partial charge in [-0.15, -0.1) is 0 Å². The van der Waals surface area contributed by atoms with E-state index in [-0.39, 0.29) is 0 Å². The molecule has 3 heteroatoms. The van der Waals surface area contributed by atoms with Crippen molar-refractivity contribution >= 4 is 17.3 Å². The summed E-state index contributed by atoms with van der Waals surface area (Å²) in [5, 5.41) is 0.792. The van der Waals surface area contributed by atoms with E-state index in [4.69, 9.17) is 17.3 Å². The number of benzene rings is 1. The Morgan fingerprint density at radius 1 is 1.33 bits per heavy atom. The largest absolute Gasteiger partial charge is 0.368 e. The van der Waals surface area contributed by atoms with Crippen molar-refractivity contribution in [1.82, 2.24) is 0 Å². The Bertz CT molecular complexity index is 419. The number of halogens is 1. The predicted molar refractivity (Wildman–Crippen MR) is 79.1 cm³/mol. The van der Waals surface area contributed by atoms with E-state index in [1.165, 1.54) is 17.7 Å². The van der Waals surface area contributed by atoms with Gasteiger partial charge in [-0.3, -0.25) is 0 Å². The van der Waals surface area contributed by atoms with Gasteiger partial charge in [0, 0.05) is 29.8 Å². The average Bonchev–Trinajstić information content (AvgIpc) is 2.33. The van der Waals surface area contributed by atoms with Crippen LogP contribution < -0.4 is 10.6 Å². The molecule has 3 unspecified atom stereocenters. The highest BCUT2D eigenvalue weighted by Gasteiger charge is 2.29. The molecule has 2 nitrogen and oxygen atoms in total. The summed E-state index contributed by atoms with van der Waals surface area (Å²) in [5.41, 5.74) is 8.26. The fourth-order valence-corrected chi connectivity index (χ4v) is 3.18. The number of hydrogen-bond acceptors (Lipinski definition) is 2. The van der Waals surface area contributed by atoms with Crippen LogP contribution in [0.15, 0.2) is 18.2 Å². The van der Waals surface area contributed by atoms with E-state index in [1.54, 1.807) is 0 Å². The van der Waals surface area contributed by atoms with Crippen LogP contribution in [0.3, 0.4) is 0 Å². The third kappa shape index (κ3) is 2.65. The van der Waals surface area contributed by atoms with E-state index in [0.29, 0.717) is 18.5 Å². The van der Waals surface area contributed by atoms with Crippen molar-refractivity contribution in [2.75, 3.05) is 11.4 Å². The third-order valence-corrected chi connectivity index (χ3v) is 4.41. The van der Waals surface area contributed by atoms with E-state index < -0.39 is 0 Å². The lowest BCUT2D eigenvalue weighted by Crippen LogP contribution is -2.46. The van der Waals surface area contributed by atoms with Crippen molar-refractivity contribution in [2.45, 2.75) is 39.8 Å². The second-order valence-electron chi connectivity index (χ2n) is 5.69. The minimum absolute atomic E-state index is 0.546. The van der Waals surface area contributed by atoms with Gasteiger partial charge in [-0.2, -0.15) is 0 Å². The predicted octanol–water partition coefficient (Wildman–Crippen LogP) is 3.67. The van der Waals surface area contributed by atoms with Gasteiger partial charge in [0.15, 0.2) is 0 Å². The molecule has 0 amide bonds. The number of anilines is 1. The van der Waals surface area contributed by atoms with Crippen molar-refractivity contribution in [3.63, 3.8) is 0 Å². The second kappa shape index (κ2) is 5.50. The summed E-state index contributed by atoms with van der Waals surface area (Å²) in [7, 11) is 0. The lowest BCUT2D eigenvalue weighted by atomic mass is 9.85. The van der Waals surface area contributed by atoms with Gasteiger partial charge in [0.2, 0.25) is 0 Å². The molecule has 0 bridgehead atoms. The van der Waals surface area contributed by atoms with Crippen molar-refractivity contribution in [3.8, 4) is 0 Å². The van der Waals surface area contributed by atoms with Crippen molar-refractivity contribution < 1.29 is 0 Å². The first-order valence-corrected chi connectivity index (χ1v) is 7.15. The Kier molecular flexibility index (Phi) is 4.18. The number of piperidine rings is 1. The Balaban J connectivity index is 2.37. The van der Waals surface area contributed by atoms with E-state index in [1.807, 2.05) is 12.1 Å². The first-order chi connectivity index (χ1) is 8.52. The third-order valence-electron chi connectivity index (χ3n) is 4.17.